The van der Waals surface area contributed by atoms with Gasteiger partial charge in [-0.1, -0.05) is 6.07 Å². The summed E-state index contributed by atoms with van der Waals surface area (Å²) < 4.78 is 18.1. The lowest BCUT2D eigenvalue weighted by Crippen LogP contribution is -2.27. The third-order valence-electron chi connectivity index (χ3n) is 3.29. The molecule has 0 aliphatic heterocycles. The van der Waals surface area contributed by atoms with Crippen LogP contribution in [0.25, 0.3) is 0 Å². The minimum atomic E-state index is -0.679. The zero-order chi connectivity index (χ0) is 13.8. The molecule has 1 atom stereocenters. The molecule has 1 saturated carbocycles. The van der Waals surface area contributed by atoms with Crippen LogP contribution in [0.5, 0.6) is 0 Å². The Bertz CT molecular complexity index is 460. The Morgan fingerprint density at radius 3 is 2.89 bits per heavy atom. The predicted octanol–water partition coefficient (Wildman–Crippen LogP) is 1.47. The number of hydrogen-bond donors (Lipinski definition) is 2. The summed E-state index contributed by atoms with van der Waals surface area (Å²) in [5.74, 6) is -0.846. The zero-order valence-electron chi connectivity index (χ0n) is 10.9. The molecule has 2 rings (SSSR count). The number of esters is 1. The molecule has 19 heavy (non-hydrogen) atoms. The van der Waals surface area contributed by atoms with Crippen molar-refractivity contribution in [1.82, 2.24) is 5.32 Å². The maximum Gasteiger partial charge on any atom is 0.340 e. The highest BCUT2D eigenvalue weighted by Gasteiger charge is 2.29. The Kier molecular flexibility index (Phi) is 4.50. The fraction of sp³-hybridized carbons (Fsp3) is 0.500. The number of nitrogens with one attached hydrogen (secondary N) is 1. The number of carbonyl (C=O) groups excluding carboxylic acids is 1. The van der Waals surface area contributed by atoms with E-state index in [1.165, 1.54) is 19.2 Å². The van der Waals surface area contributed by atoms with Crippen LogP contribution in [-0.4, -0.2) is 30.8 Å². The lowest BCUT2D eigenvalue weighted by molar-refractivity contribution is 0.0595. The summed E-state index contributed by atoms with van der Waals surface area (Å²) in [6, 6.07) is 4.39. The van der Waals surface area contributed by atoms with Gasteiger partial charge in [-0.25, -0.2) is 9.18 Å². The molecule has 1 unspecified atom stereocenters. The minimum absolute atomic E-state index is 0.0655. The number of benzene rings is 1. The highest BCUT2D eigenvalue weighted by molar-refractivity contribution is 5.89. The van der Waals surface area contributed by atoms with Crippen LogP contribution in [0, 0.1) is 11.7 Å². The fourth-order valence-electron chi connectivity index (χ4n) is 1.96. The van der Waals surface area contributed by atoms with Crippen molar-refractivity contribution in [2.45, 2.75) is 25.5 Å². The molecular formula is C14H18FNO3. The summed E-state index contributed by atoms with van der Waals surface area (Å²) in [6.45, 7) is 0.965. The van der Waals surface area contributed by atoms with Gasteiger partial charge in [-0.05, 0) is 36.5 Å². The number of aliphatic hydroxyl groups is 1. The first-order valence-electron chi connectivity index (χ1n) is 6.37. The fourth-order valence-corrected chi connectivity index (χ4v) is 1.96. The van der Waals surface area contributed by atoms with Gasteiger partial charge in [0.15, 0.2) is 0 Å². The standard InChI is InChI=1S/C14H18FNO3/c1-19-14(18)11-5-2-9(6-12(11)15)7-16-8-13(17)10-3-4-10/h2,5-6,10,13,16-17H,3-4,7-8H2,1H3. The highest BCUT2D eigenvalue weighted by Crippen LogP contribution is 2.32. The van der Waals surface area contributed by atoms with E-state index in [4.69, 9.17) is 0 Å². The number of methoxy groups -OCH3 is 1. The summed E-state index contributed by atoms with van der Waals surface area (Å²) in [5, 5.41) is 12.8. The second kappa shape index (κ2) is 6.12. The van der Waals surface area contributed by atoms with E-state index < -0.39 is 11.8 Å². The molecule has 104 valence electrons. The molecule has 0 radical (unpaired) electrons. The van der Waals surface area contributed by atoms with Crippen molar-refractivity contribution in [1.29, 1.82) is 0 Å². The van der Waals surface area contributed by atoms with Crippen molar-refractivity contribution in [2.24, 2.45) is 5.92 Å². The molecule has 1 aromatic rings. The average molecular weight is 267 g/mol. The smallest absolute Gasteiger partial charge is 0.340 e. The Labute approximate surface area is 111 Å². The van der Waals surface area contributed by atoms with Gasteiger partial charge in [0.05, 0.1) is 18.8 Å². The summed E-state index contributed by atoms with van der Waals surface area (Å²) in [7, 11) is 1.22. The van der Waals surface area contributed by atoms with Crippen LogP contribution in [0.2, 0.25) is 0 Å². The molecule has 5 heteroatoms. The Balaban J connectivity index is 1.86. The maximum absolute atomic E-state index is 13.6. The van der Waals surface area contributed by atoms with E-state index in [0.29, 0.717) is 19.0 Å². The average Bonchev–Trinajstić information content (AvgIpc) is 3.22. The number of hydrogen-bond acceptors (Lipinski definition) is 4. The second-order valence-electron chi connectivity index (χ2n) is 4.84. The Hall–Kier alpha value is -1.46. The van der Waals surface area contributed by atoms with Crippen LogP contribution < -0.4 is 5.32 Å². The molecule has 0 amide bonds. The molecule has 2 N–H and O–H groups in total. The molecule has 0 heterocycles. The molecule has 1 fully saturated rings. The number of halogens is 1. The molecule has 1 aromatic carbocycles. The summed E-state index contributed by atoms with van der Waals surface area (Å²) >= 11 is 0. The van der Waals surface area contributed by atoms with E-state index in [-0.39, 0.29) is 11.7 Å². The minimum Gasteiger partial charge on any atom is -0.465 e. The van der Waals surface area contributed by atoms with Crippen molar-refractivity contribution in [3.63, 3.8) is 0 Å². The van der Waals surface area contributed by atoms with Crippen molar-refractivity contribution in [2.75, 3.05) is 13.7 Å². The molecule has 0 bridgehead atoms. The summed E-state index contributed by atoms with van der Waals surface area (Å²) in [6.07, 6.45) is 1.86. The van der Waals surface area contributed by atoms with Gasteiger partial charge in [0.2, 0.25) is 0 Å². The lowest BCUT2D eigenvalue weighted by atomic mass is 10.1. The molecular weight excluding hydrogens is 249 g/mol. The van der Waals surface area contributed by atoms with Crippen LogP contribution in [0.15, 0.2) is 18.2 Å². The molecule has 1 aliphatic rings. The van der Waals surface area contributed by atoms with Gasteiger partial charge in [0, 0.05) is 13.1 Å². The quantitative estimate of drug-likeness (QED) is 0.766. The van der Waals surface area contributed by atoms with Crippen LogP contribution in [0.3, 0.4) is 0 Å². The summed E-state index contributed by atoms with van der Waals surface area (Å²) in [5.41, 5.74) is 0.664. The predicted molar refractivity (Wildman–Crippen MR) is 68.2 cm³/mol. The second-order valence-corrected chi connectivity index (χ2v) is 4.84. The Morgan fingerprint density at radius 1 is 1.58 bits per heavy atom. The molecule has 1 aliphatic carbocycles. The maximum atomic E-state index is 13.6. The van der Waals surface area contributed by atoms with Gasteiger partial charge in [-0.3, -0.25) is 0 Å². The molecule has 0 aromatic heterocycles. The topological polar surface area (TPSA) is 58.6 Å². The van der Waals surface area contributed by atoms with Crippen LogP contribution in [0.4, 0.5) is 4.39 Å². The van der Waals surface area contributed by atoms with Gasteiger partial charge in [0.25, 0.3) is 0 Å². The van der Waals surface area contributed by atoms with Gasteiger partial charge in [-0.2, -0.15) is 0 Å². The van der Waals surface area contributed by atoms with Gasteiger partial charge >= 0.3 is 5.97 Å². The number of carbonyl (C=O) groups is 1. The third kappa shape index (κ3) is 3.75. The van der Waals surface area contributed by atoms with E-state index in [1.54, 1.807) is 6.07 Å². The lowest BCUT2D eigenvalue weighted by Gasteiger charge is -2.11. The number of ether oxygens (including phenoxy) is 1. The first-order chi connectivity index (χ1) is 9.11. The first kappa shape index (κ1) is 14.0. The van der Waals surface area contributed by atoms with Crippen molar-refractivity contribution < 1.29 is 19.0 Å². The van der Waals surface area contributed by atoms with E-state index in [1.807, 2.05) is 0 Å². The largest absolute Gasteiger partial charge is 0.465 e. The van der Waals surface area contributed by atoms with Crippen LogP contribution in [-0.2, 0) is 11.3 Å². The van der Waals surface area contributed by atoms with Gasteiger partial charge < -0.3 is 15.2 Å². The van der Waals surface area contributed by atoms with Crippen LogP contribution >= 0.6 is 0 Å². The third-order valence-corrected chi connectivity index (χ3v) is 3.29. The molecule has 4 nitrogen and oxygen atoms in total. The van der Waals surface area contributed by atoms with Crippen molar-refractivity contribution in [3.05, 3.63) is 35.1 Å². The normalized spacial score (nSPS) is 16.2. The van der Waals surface area contributed by atoms with Gasteiger partial charge in [-0.15, -0.1) is 0 Å². The Morgan fingerprint density at radius 2 is 2.32 bits per heavy atom. The zero-order valence-corrected chi connectivity index (χ0v) is 10.9. The van der Waals surface area contributed by atoms with E-state index in [0.717, 1.165) is 18.4 Å². The number of rotatable bonds is 6. The van der Waals surface area contributed by atoms with Crippen LogP contribution in [0.1, 0.15) is 28.8 Å². The highest BCUT2D eigenvalue weighted by atomic mass is 19.1. The first-order valence-corrected chi connectivity index (χ1v) is 6.37. The van der Waals surface area contributed by atoms with E-state index >= 15 is 0 Å². The SMILES string of the molecule is COC(=O)c1ccc(CNCC(O)C2CC2)cc1F. The number of aliphatic hydroxyl groups excluding tert-OH is 1. The summed E-state index contributed by atoms with van der Waals surface area (Å²) in [4.78, 5) is 11.2. The monoisotopic (exact) mass is 267 g/mol. The van der Waals surface area contributed by atoms with E-state index in [2.05, 4.69) is 10.1 Å². The van der Waals surface area contributed by atoms with E-state index in [9.17, 15) is 14.3 Å². The molecule has 0 spiro atoms. The van der Waals surface area contributed by atoms with Crippen molar-refractivity contribution in [3.8, 4) is 0 Å². The van der Waals surface area contributed by atoms with Crippen molar-refractivity contribution >= 4 is 5.97 Å². The van der Waals surface area contributed by atoms with Gasteiger partial charge in [0.1, 0.15) is 5.82 Å². The molecule has 0 saturated heterocycles.